The number of hydrogen-bond donors (Lipinski definition) is 1. The van der Waals surface area contributed by atoms with E-state index in [0.717, 1.165) is 22.4 Å². The normalized spacial score (nSPS) is 15.2. The summed E-state index contributed by atoms with van der Waals surface area (Å²) in [5.74, 6) is 0.474. The Kier molecular flexibility index (Phi) is 8.19. The lowest BCUT2D eigenvalue weighted by Gasteiger charge is -2.40. The van der Waals surface area contributed by atoms with Gasteiger partial charge >= 0.3 is 6.09 Å². The number of benzene rings is 4. The third-order valence-corrected chi connectivity index (χ3v) is 6.72. The van der Waals surface area contributed by atoms with E-state index in [9.17, 15) is 9.59 Å². The second kappa shape index (κ2) is 12.3. The topological polar surface area (TPSA) is 85.1 Å². The van der Waals surface area contributed by atoms with E-state index in [1.54, 1.807) is 4.90 Å². The fourth-order valence-corrected chi connectivity index (χ4v) is 4.64. The molecule has 1 aliphatic heterocycles. The Morgan fingerprint density at radius 1 is 0.769 bits per heavy atom. The molecule has 0 radical (unpaired) electrons. The fraction of sp³-hybridized carbons (Fsp3) is 0.188. The van der Waals surface area contributed by atoms with Crippen LogP contribution in [0.2, 0.25) is 0 Å². The van der Waals surface area contributed by atoms with Gasteiger partial charge in [-0.2, -0.15) is 0 Å². The van der Waals surface area contributed by atoms with Crippen molar-refractivity contribution in [1.82, 2.24) is 4.90 Å². The van der Waals surface area contributed by atoms with E-state index in [1.165, 1.54) is 4.90 Å². The van der Waals surface area contributed by atoms with Gasteiger partial charge < -0.3 is 20.1 Å². The molecule has 198 valence electrons. The predicted octanol–water partition coefficient (Wildman–Crippen LogP) is 5.45. The largest absolute Gasteiger partial charge is 0.489 e. The number of ether oxygens (including phenoxy) is 2. The highest BCUT2D eigenvalue weighted by atomic mass is 16.6. The molecule has 1 heterocycles. The third-order valence-electron chi connectivity index (χ3n) is 6.72. The van der Waals surface area contributed by atoms with Crippen LogP contribution >= 0.6 is 0 Å². The number of nitrogens with zero attached hydrogens (tertiary/aromatic N) is 2. The Labute approximate surface area is 228 Å². The van der Waals surface area contributed by atoms with E-state index < -0.39 is 12.1 Å². The van der Waals surface area contributed by atoms with Gasteiger partial charge in [0.25, 0.3) is 5.91 Å². The summed E-state index contributed by atoms with van der Waals surface area (Å²) >= 11 is 0. The molecule has 0 aromatic heterocycles. The molecule has 0 saturated carbocycles. The molecule has 0 bridgehead atoms. The molecule has 4 aromatic carbocycles. The first-order valence-electron chi connectivity index (χ1n) is 13.0. The summed E-state index contributed by atoms with van der Waals surface area (Å²) in [4.78, 5) is 30.4. The fourth-order valence-electron chi connectivity index (χ4n) is 4.64. The number of anilines is 1. The minimum Gasteiger partial charge on any atom is -0.489 e. The molecule has 4 aromatic rings. The van der Waals surface area contributed by atoms with Gasteiger partial charge in [0, 0.05) is 25.3 Å². The number of hydrogen-bond acceptors (Lipinski definition) is 5. The van der Waals surface area contributed by atoms with Gasteiger partial charge in [-0.25, -0.2) is 4.79 Å². The molecule has 5 rings (SSSR count). The molecule has 0 aliphatic carbocycles. The van der Waals surface area contributed by atoms with Gasteiger partial charge in [-0.3, -0.25) is 9.69 Å². The van der Waals surface area contributed by atoms with Crippen LogP contribution in [0.15, 0.2) is 109 Å². The molecule has 7 heteroatoms. The molecule has 1 aliphatic rings. The Morgan fingerprint density at radius 3 is 2.08 bits per heavy atom. The van der Waals surface area contributed by atoms with Gasteiger partial charge in [-0.05, 0) is 46.5 Å². The summed E-state index contributed by atoms with van der Waals surface area (Å²) in [6.07, 6.45) is -0.531. The van der Waals surface area contributed by atoms with Crippen LogP contribution in [0.1, 0.15) is 28.3 Å². The molecule has 1 fully saturated rings. The van der Waals surface area contributed by atoms with Gasteiger partial charge in [0.2, 0.25) is 0 Å². The summed E-state index contributed by atoms with van der Waals surface area (Å²) in [5.41, 5.74) is 10.2. The highest BCUT2D eigenvalue weighted by Crippen LogP contribution is 2.32. The lowest BCUT2D eigenvalue weighted by molar-refractivity contribution is -0.125. The highest BCUT2D eigenvalue weighted by molar-refractivity contribution is 6.00. The van der Waals surface area contributed by atoms with Crippen molar-refractivity contribution in [3.63, 3.8) is 0 Å². The molecule has 1 saturated heterocycles. The minimum atomic E-state index is -0.841. The van der Waals surface area contributed by atoms with E-state index >= 15 is 0 Å². The Bertz CT molecular complexity index is 1390. The zero-order chi connectivity index (χ0) is 27.0. The third kappa shape index (κ3) is 6.27. The number of carbonyl (C=O) groups excluding carboxylic acids is 2. The molecule has 39 heavy (non-hydrogen) atoms. The maximum Gasteiger partial charge on any atom is 0.411 e. The summed E-state index contributed by atoms with van der Waals surface area (Å²) in [6, 6.07) is 33.5. The molecular formula is C32H31N3O4. The van der Waals surface area contributed by atoms with Crippen molar-refractivity contribution in [2.45, 2.75) is 25.8 Å². The summed E-state index contributed by atoms with van der Waals surface area (Å²) < 4.78 is 11.6. The zero-order valence-corrected chi connectivity index (χ0v) is 21.6. The molecule has 0 spiro atoms. The number of piperazine rings is 1. The SMILES string of the molecule is NCc1cccc(N2CCN(C(=O)OCc3ccccc3)[C@H](c3ccc(OCc4ccccc4)cc3)C2=O)c1. The average Bonchev–Trinajstić information content (AvgIpc) is 3.00. The second-order valence-corrected chi connectivity index (χ2v) is 9.34. The average molecular weight is 522 g/mol. The lowest BCUT2D eigenvalue weighted by Crippen LogP contribution is -2.54. The Hall–Kier alpha value is -4.62. The number of carbonyl (C=O) groups is 2. The smallest absolute Gasteiger partial charge is 0.411 e. The van der Waals surface area contributed by atoms with E-state index in [1.807, 2.05) is 109 Å². The van der Waals surface area contributed by atoms with E-state index in [0.29, 0.717) is 37.6 Å². The minimum absolute atomic E-state index is 0.131. The van der Waals surface area contributed by atoms with E-state index in [-0.39, 0.29) is 12.5 Å². The molecule has 0 unspecified atom stereocenters. The molecule has 7 nitrogen and oxygen atoms in total. The van der Waals surface area contributed by atoms with Crippen molar-refractivity contribution in [3.8, 4) is 5.75 Å². The molecule has 2 N–H and O–H groups in total. The van der Waals surface area contributed by atoms with Crippen LogP contribution in [0, 0.1) is 0 Å². The van der Waals surface area contributed by atoms with E-state index in [2.05, 4.69) is 0 Å². The van der Waals surface area contributed by atoms with Gasteiger partial charge in [0.1, 0.15) is 25.0 Å². The van der Waals surface area contributed by atoms with Gasteiger partial charge in [-0.1, -0.05) is 84.9 Å². The van der Waals surface area contributed by atoms with Gasteiger partial charge in [0.05, 0.1) is 0 Å². The van der Waals surface area contributed by atoms with Gasteiger partial charge in [-0.15, -0.1) is 0 Å². The maximum atomic E-state index is 13.9. The predicted molar refractivity (Wildman–Crippen MR) is 150 cm³/mol. The van der Waals surface area contributed by atoms with Crippen LogP contribution in [-0.4, -0.2) is 30.0 Å². The quantitative estimate of drug-likeness (QED) is 0.333. The van der Waals surface area contributed by atoms with Crippen LogP contribution in [0.25, 0.3) is 0 Å². The van der Waals surface area contributed by atoms with Crippen LogP contribution in [0.5, 0.6) is 5.75 Å². The van der Waals surface area contributed by atoms with Crippen molar-refractivity contribution < 1.29 is 19.1 Å². The van der Waals surface area contributed by atoms with Crippen LogP contribution in [0.3, 0.4) is 0 Å². The number of nitrogens with two attached hydrogens (primary N) is 1. The number of amides is 2. The van der Waals surface area contributed by atoms with E-state index in [4.69, 9.17) is 15.2 Å². The first-order valence-corrected chi connectivity index (χ1v) is 13.0. The van der Waals surface area contributed by atoms with Crippen molar-refractivity contribution in [1.29, 1.82) is 0 Å². The molecule has 1 atom stereocenters. The van der Waals surface area contributed by atoms with Crippen molar-refractivity contribution in [2.75, 3.05) is 18.0 Å². The van der Waals surface area contributed by atoms with Crippen LogP contribution < -0.4 is 15.4 Å². The monoisotopic (exact) mass is 521 g/mol. The lowest BCUT2D eigenvalue weighted by atomic mass is 10.0. The van der Waals surface area contributed by atoms with Crippen LogP contribution in [0.4, 0.5) is 10.5 Å². The summed E-state index contributed by atoms with van der Waals surface area (Å²) in [7, 11) is 0. The van der Waals surface area contributed by atoms with Gasteiger partial charge in [0.15, 0.2) is 0 Å². The maximum absolute atomic E-state index is 13.9. The Balaban J connectivity index is 1.37. The highest BCUT2D eigenvalue weighted by Gasteiger charge is 2.40. The Morgan fingerprint density at radius 2 is 1.41 bits per heavy atom. The van der Waals surface area contributed by atoms with Crippen LogP contribution in [-0.2, 0) is 29.3 Å². The zero-order valence-electron chi connectivity index (χ0n) is 21.6. The van der Waals surface area contributed by atoms with Crippen molar-refractivity contribution in [3.05, 3.63) is 131 Å². The standard InChI is InChI=1S/C32H31N3O4/c33-21-26-12-7-13-28(20-26)34-18-19-35(32(37)39-23-25-10-5-2-6-11-25)30(31(34)36)27-14-16-29(17-15-27)38-22-24-8-3-1-4-9-24/h1-17,20,30H,18-19,21-23,33H2/t30-/m1/s1. The molecule has 2 amide bonds. The first-order chi connectivity index (χ1) is 19.1. The van der Waals surface area contributed by atoms with Crippen molar-refractivity contribution >= 4 is 17.7 Å². The first kappa shape index (κ1) is 26.0. The second-order valence-electron chi connectivity index (χ2n) is 9.34. The molecular weight excluding hydrogens is 490 g/mol. The number of rotatable bonds is 8. The summed E-state index contributed by atoms with van der Waals surface area (Å²) in [6.45, 7) is 1.62. The van der Waals surface area contributed by atoms with Crippen molar-refractivity contribution in [2.24, 2.45) is 5.73 Å². The summed E-state index contributed by atoms with van der Waals surface area (Å²) in [5, 5.41) is 0.